The number of carboxylic acids is 1. The molecular weight excluding hydrogens is 252 g/mol. The second-order valence-corrected chi connectivity index (χ2v) is 4.42. The molecule has 0 aliphatic carbocycles. The van der Waals surface area contributed by atoms with Crippen LogP contribution >= 0.6 is 0 Å². The van der Waals surface area contributed by atoms with E-state index in [0.717, 1.165) is 19.3 Å². The monoisotopic (exact) mass is 272 g/mol. The summed E-state index contributed by atoms with van der Waals surface area (Å²) in [5, 5.41) is 14.0. The van der Waals surface area contributed by atoms with Gasteiger partial charge in [0.1, 0.15) is 6.04 Å². The second kappa shape index (κ2) is 7.45. The average Bonchev–Trinajstić information content (AvgIpc) is 2.59. The number of nitrogens with two attached hydrogens (primary N) is 1. The van der Waals surface area contributed by atoms with E-state index in [1.54, 1.807) is 0 Å². The Labute approximate surface area is 111 Å². The molecular formula is C11H20N4O4. The van der Waals surface area contributed by atoms with Gasteiger partial charge in [-0.2, -0.15) is 0 Å². The first-order valence-electron chi connectivity index (χ1n) is 6.33. The van der Waals surface area contributed by atoms with Crippen molar-refractivity contribution in [1.82, 2.24) is 15.5 Å². The lowest BCUT2D eigenvalue weighted by molar-refractivity contribution is -0.142. The summed E-state index contributed by atoms with van der Waals surface area (Å²) >= 11 is 0. The number of carbonyl (C=O) groups is 3. The van der Waals surface area contributed by atoms with Gasteiger partial charge in [-0.25, -0.2) is 14.4 Å². The molecule has 19 heavy (non-hydrogen) atoms. The maximum absolute atomic E-state index is 11.9. The molecule has 1 unspecified atom stereocenters. The number of likely N-dealkylation sites (tertiary alicyclic amines) is 1. The number of carboxylic acid groups (broad SMARTS) is 1. The van der Waals surface area contributed by atoms with Gasteiger partial charge in [-0.05, 0) is 12.8 Å². The topological polar surface area (TPSA) is 125 Å². The van der Waals surface area contributed by atoms with Crippen molar-refractivity contribution in [3.05, 3.63) is 0 Å². The van der Waals surface area contributed by atoms with E-state index in [1.165, 1.54) is 4.90 Å². The van der Waals surface area contributed by atoms with Crippen LogP contribution < -0.4 is 16.4 Å². The molecule has 0 aromatic heterocycles. The molecule has 1 aliphatic heterocycles. The zero-order valence-electron chi connectivity index (χ0n) is 10.7. The Morgan fingerprint density at radius 1 is 1.16 bits per heavy atom. The Kier molecular flexibility index (Phi) is 5.91. The summed E-state index contributed by atoms with van der Waals surface area (Å²) in [4.78, 5) is 34.9. The number of rotatable bonds is 4. The van der Waals surface area contributed by atoms with E-state index in [-0.39, 0.29) is 13.1 Å². The first kappa shape index (κ1) is 15.1. The molecule has 0 saturated carbocycles. The first-order valence-corrected chi connectivity index (χ1v) is 6.33. The first-order chi connectivity index (χ1) is 9.02. The van der Waals surface area contributed by atoms with Crippen LogP contribution in [0.3, 0.4) is 0 Å². The van der Waals surface area contributed by atoms with Crippen molar-refractivity contribution in [2.24, 2.45) is 5.73 Å². The second-order valence-electron chi connectivity index (χ2n) is 4.42. The van der Waals surface area contributed by atoms with Gasteiger partial charge in [0.2, 0.25) is 0 Å². The predicted octanol–water partition coefficient (Wildman–Crippen LogP) is -0.306. The molecule has 4 amide bonds. The van der Waals surface area contributed by atoms with Crippen LogP contribution in [0.5, 0.6) is 0 Å². The van der Waals surface area contributed by atoms with Crippen LogP contribution in [-0.2, 0) is 4.79 Å². The molecule has 0 bridgehead atoms. The quantitative estimate of drug-likeness (QED) is 0.524. The van der Waals surface area contributed by atoms with Crippen molar-refractivity contribution in [2.45, 2.75) is 31.7 Å². The third-order valence-electron chi connectivity index (χ3n) is 3.00. The minimum atomic E-state index is -0.979. The third-order valence-corrected chi connectivity index (χ3v) is 3.00. The van der Waals surface area contributed by atoms with Crippen LogP contribution in [0.4, 0.5) is 9.59 Å². The summed E-state index contributed by atoms with van der Waals surface area (Å²) in [5.41, 5.74) is 4.88. The van der Waals surface area contributed by atoms with Crippen LogP contribution in [-0.4, -0.2) is 53.7 Å². The zero-order valence-corrected chi connectivity index (χ0v) is 10.7. The molecule has 0 aromatic rings. The maximum Gasteiger partial charge on any atom is 0.326 e. The van der Waals surface area contributed by atoms with Crippen LogP contribution in [0.2, 0.25) is 0 Å². The smallest absolute Gasteiger partial charge is 0.326 e. The zero-order chi connectivity index (χ0) is 14.3. The van der Waals surface area contributed by atoms with Crippen molar-refractivity contribution < 1.29 is 19.5 Å². The Balaban J connectivity index is 2.46. The highest BCUT2D eigenvalue weighted by atomic mass is 16.4. The van der Waals surface area contributed by atoms with Gasteiger partial charge in [0.25, 0.3) is 0 Å². The number of nitrogens with one attached hydrogen (secondary N) is 2. The minimum absolute atomic E-state index is 0.213. The molecule has 8 heteroatoms. The largest absolute Gasteiger partial charge is 0.480 e. The van der Waals surface area contributed by atoms with Crippen LogP contribution in [0.25, 0.3) is 0 Å². The SMILES string of the molecule is NC(=O)NCCNC(=O)N1CCCCCC1C(=O)O. The van der Waals surface area contributed by atoms with E-state index in [0.29, 0.717) is 13.0 Å². The lowest BCUT2D eigenvalue weighted by atomic mass is 10.1. The normalized spacial score (nSPS) is 19.4. The van der Waals surface area contributed by atoms with Crippen LogP contribution in [0.15, 0.2) is 0 Å². The number of hydrogen-bond donors (Lipinski definition) is 4. The van der Waals surface area contributed by atoms with Crippen molar-refractivity contribution in [2.75, 3.05) is 19.6 Å². The number of carbonyl (C=O) groups excluding carboxylic acids is 2. The highest BCUT2D eigenvalue weighted by molar-refractivity contribution is 5.82. The number of aliphatic carboxylic acids is 1. The fourth-order valence-corrected chi connectivity index (χ4v) is 2.06. The predicted molar refractivity (Wildman–Crippen MR) is 67.6 cm³/mol. The van der Waals surface area contributed by atoms with E-state index >= 15 is 0 Å². The number of nitrogens with zero attached hydrogens (tertiary/aromatic N) is 1. The minimum Gasteiger partial charge on any atom is -0.480 e. The van der Waals surface area contributed by atoms with Gasteiger partial charge >= 0.3 is 18.0 Å². The summed E-state index contributed by atoms with van der Waals surface area (Å²) in [7, 11) is 0. The van der Waals surface area contributed by atoms with Crippen LogP contribution in [0.1, 0.15) is 25.7 Å². The Morgan fingerprint density at radius 2 is 1.84 bits per heavy atom. The number of hydrogen-bond acceptors (Lipinski definition) is 3. The number of amides is 4. The third kappa shape index (κ3) is 5.02. The molecule has 0 aromatic carbocycles. The highest BCUT2D eigenvalue weighted by Gasteiger charge is 2.30. The summed E-state index contributed by atoms with van der Waals surface area (Å²) in [6.45, 7) is 0.864. The molecule has 8 nitrogen and oxygen atoms in total. The molecule has 1 atom stereocenters. The van der Waals surface area contributed by atoms with Crippen molar-refractivity contribution in [1.29, 1.82) is 0 Å². The van der Waals surface area contributed by atoms with E-state index < -0.39 is 24.1 Å². The average molecular weight is 272 g/mol. The number of urea groups is 2. The molecule has 1 heterocycles. The van der Waals surface area contributed by atoms with Gasteiger partial charge in [0.05, 0.1) is 0 Å². The fraction of sp³-hybridized carbons (Fsp3) is 0.727. The highest BCUT2D eigenvalue weighted by Crippen LogP contribution is 2.16. The van der Waals surface area contributed by atoms with Gasteiger partial charge in [-0.3, -0.25) is 0 Å². The van der Waals surface area contributed by atoms with E-state index in [1.807, 2.05) is 0 Å². The van der Waals surface area contributed by atoms with E-state index in [9.17, 15) is 14.4 Å². The van der Waals surface area contributed by atoms with Gasteiger partial charge in [-0.15, -0.1) is 0 Å². The molecule has 1 rings (SSSR count). The van der Waals surface area contributed by atoms with Gasteiger partial charge in [0, 0.05) is 19.6 Å². The number of primary amides is 1. The van der Waals surface area contributed by atoms with Crippen LogP contribution in [0, 0.1) is 0 Å². The van der Waals surface area contributed by atoms with Gasteiger partial charge < -0.3 is 26.4 Å². The maximum atomic E-state index is 11.9. The molecule has 0 spiro atoms. The standard InChI is InChI=1S/C11H20N4O4/c12-10(18)13-5-6-14-11(19)15-7-3-1-2-4-8(15)9(16)17/h8H,1-7H2,(H,14,19)(H,16,17)(H3,12,13,18). The molecule has 5 N–H and O–H groups in total. The molecule has 108 valence electrons. The van der Waals surface area contributed by atoms with Gasteiger partial charge in [0.15, 0.2) is 0 Å². The summed E-state index contributed by atoms with van der Waals surface area (Å²) in [5.74, 6) is -0.979. The summed E-state index contributed by atoms with van der Waals surface area (Å²) in [6.07, 6.45) is 3.01. The van der Waals surface area contributed by atoms with Crippen molar-refractivity contribution in [3.8, 4) is 0 Å². The van der Waals surface area contributed by atoms with E-state index in [2.05, 4.69) is 10.6 Å². The molecule has 1 saturated heterocycles. The van der Waals surface area contributed by atoms with Gasteiger partial charge in [-0.1, -0.05) is 12.8 Å². The lowest BCUT2D eigenvalue weighted by Gasteiger charge is -2.27. The van der Waals surface area contributed by atoms with E-state index in [4.69, 9.17) is 10.8 Å². The Hall–Kier alpha value is -1.99. The summed E-state index contributed by atoms with van der Waals surface area (Å²) in [6, 6.07) is -1.85. The van der Waals surface area contributed by atoms with Crippen molar-refractivity contribution >= 4 is 18.0 Å². The fourth-order valence-electron chi connectivity index (χ4n) is 2.06. The molecule has 1 fully saturated rings. The molecule has 0 radical (unpaired) electrons. The molecule has 1 aliphatic rings. The van der Waals surface area contributed by atoms with Crippen molar-refractivity contribution in [3.63, 3.8) is 0 Å². The Bertz CT molecular complexity index is 348. The lowest BCUT2D eigenvalue weighted by Crippen LogP contribution is -2.50. The summed E-state index contributed by atoms with van der Waals surface area (Å²) < 4.78 is 0. The Morgan fingerprint density at radius 3 is 2.47 bits per heavy atom.